The van der Waals surface area contributed by atoms with Gasteiger partial charge in [0.15, 0.2) is 6.54 Å². The fraction of sp³-hybridized carbons (Fsp3) is 0.571. The maximum absolute atomic E-state index is 12.6. The van der Waals surface area contributed by atoms with Crippen molar-refractivity contribution in [3.05, 3.63) is 29.3 Å². The number of methoxy groups -OCH3 is 1. The zero-order valence-electron chi connectivity index (χ0n) is 16.9. The lowest BCUT2D eigenvalue weighted by Crippen LogP contribution is -3.14. The van der Waals surface area contributed by atoms with Gasteiger partial charge in [-0.1, -0.05) is 26.0 Å². The lowest BCUT2D eigenvalue weighted by Gasteiger charge is -2.29. The van der Waals surface area contributed by atoms with Crippen LogP contribution in [0.1, 0.15) is 44.0 Å². The van der Waals surface area contributed by atoms with E-state index in [-0.39, 0.29) is 11.9 Å². The number of likely N-dealkylation sites (tertiary alicyclic amines) is 1. The number of nitrogens with one attached hydrogen (secondary N) is 2. The number of thiazole rings is 1. The molecular formula is C21H30N3O3S+. The van der Waals surface area contributed by atoms with E-state index in [4.69, 9.17) is 9.72 Å². The van der Waals surface area contributed by atoms with Crippen LogP contribution in [-0.4, -0.2) is 49.6 Å². The fourth-order valence-electron chi connectivity index (χ4n) is 3.89. The van der Waals surface area contributed by atoms with E-state index in [1.165, 1.54) is 21.7 Å². The average molecular weight is 405 g/mol. The molecule has 6 nitrogen and oxygen atoms in total. The summed E-state index contributed by atoms with van der Waals surface area (Å²) in [6.07, 6.45) is 2.78. The molecule has 2 aromatic rings. The van der Waals surface area contributed by atoms with Crippen molar-refractivity contribution in [3.63, 3.8) is 0 Å². The molecule has 152 valence electrons. The number of amides is 1. The van der Waals surface area contributed by atoms with Crippen LogP contribution in [0.5, 0.6) is 0 Å². The van der Waals surface area contributed by atoms with Crippen LogP contribution >= 0.6 is 11.3 Å². The van der Waals surface area contributed by atoms with E-state index < -0.39 is 6.04 Å². The Morgan fingerprint density at radius 1 is 1.36 bits per heavy atom. The van der Waals surface area contributed by atoms with Gasteiger partial charge < -0.3 is 15.0 Å². The Bertz CT molecular complexity index is 787. The summed E-state index contributed by atoms with van der Waals surface area (Å²) in [5.74, 6) is 0.232. The number of ether oxygens (including phenoxy) is 1. The Kier molecular flexibility index (Phi) is 7.02. The third kappa shape index (κ3) is 5.29. The molecule has 1 amide bonds. The maximum atomic E-state index is 12.6. The van der Waals surface area contributed by atoms with E-state index in [0.717, 1.165) is 31.4 Å². The summed E-state index contributed by atoms with van der Waals surface area (Å²) in [7, 11) is 1.36. The van der Waals surface area contributed by atoms with Crippen LogP contribution in [0, 0.1) is 5.92 Å². The van der Waals surface area contributed by atoms with E-state index in [1.807, 2.05) is 26.0 Å². The molecule has 0 radical (unpaired) electrons. The Morgan fingerprint density at radius 2 is 2.14 bits per heavy atom. The molecule has 1 fully saturated rings. The minimum atomic E-state index is -0.568. The Morgan fingerprint density at radius 3 is 2.86 bits per heavy atom. The van der Waals surface area contributed by atoms with Gasteiger partial charge in [0.1, 0.15) is 11.0 Å². The second-order valence-corrected chi connectivity index (χ2v) is 9.07. The van der Waals surface area contributed by atoms with Crippen LogP contribution in [-0.2, 0) is 14.3 Å². The summed E-state index contributed by atoms with van der Waals surface area (Å²) in [4.78, 5) is 30.6. The number of carbonyl (C=O) groups is 2. The summed E-state index contributed by atoms with van der Waals surface area (Å²) in [5.41, 5.74) is 1.06. The molecule has 3 atom stereocenters. The summed E-state index contributed by atoms with van der Waals surface area (Å²) < 4.78 is 6.06. The van der Waals surface area contributed by atoms with Gasteiger partial charge in [-0.3, -0.25) is 4.79 Å². The van der Waals surface area contributed by atoms with Crippen LogP contribution in [0.25, 0.3) is 10.2 Å². The predicted molar refractivity (Wildman–Crippen MR) is 111 cm³/mol. The van der Waals surface area contributed by atoms with Crippen molar-refractivity contribution in [1.29, 1.82) is 0 Å². The van der Waals surface area contributed by atoms with Crippen LogP contribution in [0.15, 0.2) is 24.3 Å². The Labute approximate surface area is 170 Å². The molecule has 0 bridgehead atoms. The van der Waals surface area contributed by atoms with Gasteiger partial charge in [0.25, 0.3) is 5.91 Å². The van der Waals surface area contributed by atoms with Crippen molar-refractivity contribution in [1.82, 2.24) is 10.3 Å². The molecular weight excluding hydrogens is 374 g/mol. The van der Waals surface area contributed by atoms with E-state index in [1.54, 1.807) is 11.3 Å². The third-order valence-corrected chi connectivity index (χ3v) is 6.42. The molecule has 1 saturated heterocycles. The molecule has 2 heterocycles. The molecule has 1 unspecified atom stereocenters. The van der Waals surface area contributed by atoms with E-state index in [2.05, 4.69) is 17.4 Å². The largest absolute Gasteiger partial charge is 0.467 e. The zero-order valence-corrected chi connectivity index (χ0v) is 17.7. The van der Waals surface area contributed by atoms with E-state index in [9.17, 15) is 9.59 Å². The number of benzene rings is 1. The maximum Gasteiger partial charge on any atom is 0.328 e. The highest BCUT2D eigenvalue weighted by Crippen LogP contribution is 2.30. The average Bonchev–Trinajstić information content (AvgIpc) is 3.11. The van der Waals surface area contributed by atoms with Crippen molar-refractivity contribution in [2.45, 2.75) is 45.1 Å². The highest BCUT2D eigenvalue weighted by Gasteiger charge is 2.30. The van der Waals surface area contributed by atoms with Crippen molar-refractivity contribution >= 4 is 33.4 Å². The number of rotatable bonds is 7. The number of hydrogen-bond acceptors (Lipinski definition) is 5. The van der Waals surface area contributed by atoms with Gasteiger partial charge in [0.05, 0.1) is 36.3 Å². The first-order valence-corrected chi connectivity index (χ1v) is 10.8. The summed E-state index contributed by atoms with van der Waals surface area (Å²) >= 11 is 1.76. The molecule has 0 aliphatic carbocycles. The minimum Gasteiger partial charge on any atom is -0.467 e. The standard InChI is InChI=1S/C21H29N3O3S/c1-14(2)11-17(21(26)27-3)22-19(25)13-24-10-6-7-15(12-24)20-23-16-8-4-5-9-18(16)28-20/h4-5,8-9,14-15,17H,6-7,10-13H2,1-3H3,(H,22,25)/p+1/t15-,17+/m0/s1. The van der Waals surface area contributed by atoms with Gasteiger partial charge >= 0.3 is 5.97 Å². The molecule has 28 heavy (non-hydrogen) atoms. The molecule has 1 aliphatic heterocycles. The van der Waals surface area contributed by atoms with Crippen LogP contribution in [0.3, 0.4) is 0 Å². The molecule has 3 rings (SSSR count). The number of nitrogens with zero attached hydrogens (tertiary/aromatic N) is 1. The number of esters is 1. The van der Waals surface area contributed by atoms with Crippen molar-refractivity contribution < 1.29 is 19.2 Å². The topological polar surface area (TPSA) is 72.7 Å². The van der Waals surface area contributed by atoms with E-state index >= 15 is 0 Å². The highest BCUT2D eigenvalue weighted by atomic mass is 32.1. The van der Waals surface area contributed by atoms with Gasteiger partial charge in [0.2, 0.25) is 0 Å². The van der Waals surface area contributed by atoms with Gasteiger partial charge in [-0.25, -0.2) is 9.78 Å². The van der Waals surface area contributed by atoms with Crippen molar-refractivity contribution in [2.24, 2.45) is 5.92 Å². The molecule has 1 aliphatic rings. The molecule has 1 aromatic carbocycles. The fourth-order valence-corrected chi connectivity index (χ4v) is 4.99. The normalized spacial score (nSPS) is 20.9. The Hall–Kier alpha value is -1.99. The summed E-state index contributed by atoms with van der Waals surface area (Å²) in [5, 5.41) is 4.05. The van der Waals surface area contributed by atoms with Gasteiger partial charge in [0, 0.05) is 0 Å². The monoisotopic (exact) mass is 404 g/mol. The van der Waals surface area contributed by atoms with Crippen LogP contribution in [0.4, 0.5) is 0 Å². The lowest BCUT2D eigenvalue weighted by atomic mass is 9.98. The number of piperidine rings is 1. The Balaban J connectivity index is 1.59. The predicted octanol–water partition coefficient (Wildman–Crippen LogP) is 1.76. The summed E-state index contributed by atoms with van der Waals surface area (Å²) in [6.45, 7) is 6.32. The third-order valence-electron chi connectivity index (χ3n) is 5.22. The molecule has 7 heteroatoms. The quantitative estimate of drug-likeness (QED) is 0.690. The summed E-state index contributed by atoms with van der Waals surface area (Å²) in [6, 6.07) is 7.66. The number of aromatic nitrogens is 1. The first-order chi connectivity index (χ1) is 13.5. The van der Waals surface area contributed by atoms with Gasteiger partial charge in [-0.2, -0.15) is 0 Å². The number of carbonyl (C=O) groups excluding carboxylic acids is 2. The second-order valence-electron chi connectivity index (χ2n) is 8.01. The van der Waals surface area contributed by atoms with Crippen molar-refractivity contribution in [2.75, 3.05) is 26.7 Å². The second kappa shape index (κ2) is 9.47. The SMILES string of the molecule is COC(=O)[C@@H](CC(C)C)NC(=O)C[NH+]1CCC[C@H](c2nc3ccccc3s2)C1. The minimum absolute atomic E-state index is 0.0870. The first kappa shape index (κ1) is 20.7. The van der Waals surface area contributed by atoms with E-state index in [0.29, 0.717) is 24.8 Å². The number of para-hydroxylation sites is 1. The first-order valence-electron chi connectivity index (χ1n) is 10.0. The molecule has 2 N–H and O–H groups in total. The van der Waals surface area contributed by atoms with Crippen LogP contribution in [0.2, 0.25) is 0 Å². The number of quaternary nitrogens is 1. The number of fused-ring (bicyclic) bond motifs is 1. The van der Waals surface area contributed by atoms with Gasteiger partial charge in [-0.05, 0) is 37.3 Å². The lowest BCUT2D eigenvalue weighted by molar-refractivity contribution is -0.898. The number of hydrogen-bond donors (Lipinski definition) is 2. The zero-order chi connectivity index (χ0) is 20.1. The molecule has 1 aromatic heterocycles. The van der Waals surface area contributed by atoms with Crippen molar-refractivity contribution in [3.8, 4) is 0 Å². The molecule has 0 saturated carbocycles. The van der Waals surface area contributed by atoms with Gasteiger partial charge in [-0.15, -0.1) is 11.3 Å². The highest BCUT2D eigenvalue weighted by molar-refractivity contribution is 7.18. The van der Waals surface area contributed by atoms with Crippen LogP contribution < -0.4 is 10.2 Å². The smallest absolute Gasteiger partial charge is 0.328 e. The molecule has 0 spiro atoms.